The van der Waals surface area contributed by atoms with Gasteiger partial charge in [0.05, 0.1) is 6.07 Å². The van der Waals surface area contributed by atoms with E-state index in [1.807, 2.05) is 13.0 Å². The highest BCUT2D eigenvalue weighted by Crippen LogP contribution is 1.96. The minimum absolute atomic E-state index is 0.312. The number of allylic oxidation sites excluding steroid dienone is 2. The number of hydrogen-bond acceptors (Lipinski definition) is 1. The normalized spacial score (nSPS) is 13.9. The lowest BCUT2D eigenvalue weighted by Crippen LogP contribution is -1.76. The van der Waals surface area contributed by atoms with Gasteiger partial charge in [0.15, 0.2) is 0 Å². The molecule has 38 valence electrons. The van der Waals surface area contributed by atoms with Crippen LogP contribution in [0.1, 0.15) is 6.92 Å². The van der Waals surface area contributed by atoms with Gasteiger partial charge in [0.2, 0.25) is 0 Å². The monoisotopic (exact) mass is 159 g/mol. The number of nitrogens with zero attached hydrogens (tertiary/aromatic N) is 1. The second-order valence-corrected chi connectivity index (χ2v) is 2.61. The third-order valence-corrected chi connectivity index (χ3v) is 0.741. The maximum absolute atomic E-state index is 7.96. The molecule has 1 atom stereocenters. The van der Waals surface area contributed by atoms with Gasteiger partial charge in [-0.3, -0.25) is 0 Å². The molecule has 7 heavy (non-hydrogen) atoms. The molecular formula is C5H6BrN. The molecule has 2 heteroatoms. The van der Waals surface area contributed by atoms with E-state index in [2.05, 4.69) is 15.9 Å². The highest BCUT2D eigenvalue weighted by molar-refractivity contribution is 9.09. The van der Waals surface area contributed by atoms with Gasteiger partial charge < -0.3 is 0 Å². The molecule has 0 fully saturated rings. The van der Waals surface area contributed by atoms with Gasteiger partial charge in [0.25, 0.3) is 0 Å². The van der Waals surface area contributed by atoms with Crippen molar-refractivity contribution < 1.29 is 0 Å². The molecule has 0 spiro atoms. The Kier molecular flexibility index (Phi) is 3.72. The van der Waals surface area contributed by atoms with Crippen molar-refractivity contribution in [3.63, 3.8) is 0 Å². The Bertz CT molecular complexity index is 99.1. The summed E-state index contributed by atoms with van der Waals surface area (Å²) in [4.78, 5) is 0.312. The molecule has 0 bridgehead atoms. The van der Waals surface area contributed by atoms with Crippen molar-refractivity contribution in [2.45, 2.75) is 11.8 Å². The number of rotatable bonds is 1. The molecule has 0 aliphatic carbocycles. The van der Waals surface area contributed by atoms with Crippen LogP contribution in [0.5, 0.6) is 0 Å². The number of hydrogen-bond donors (Lipinski definition) is 0. The van der Waals surface area contributed by atoms with Crippen LogP contribution < -0.4 is 0 Å². The number of alkyl halides is 1. The summed E-state index contributed by atoms with van der Waals surface area (Å²) in [6, 6.07) is 1.89. The molecule has 0 amide bonds. The first-order chi connectivity index (χ1) is 3.27. The first-order valence-corrected chi connectivity index (χ1v) is 2.89. The van der Waals surface area contributed by atoms with Crippen LogP contribution in [0.3, 0.4) is 0 Å². The Morgan fingerprint density at radius 3 is 2.57 bits per heavy atom. The zero-order chi connectivity index (χ0) is 5.70. The largest absolute Gasteiger partial charge is 0.193 e. The van der Waals surface area contributed by atoms with Crippen LogP contribution in [-0.4, -0.2) is 4.83 Å². The van der Waals surface area contributed by atoms with Gasteiger partial charge in [0, 0.05) is 10.9 Å². The highest BCUT2D eigenvalue weighted by atomic mass is 79.9. The SMILES string of the molecule is CC(Br)C=CC#N. The maximum atomic E-state index is 7.96. The van der Waals surface area contributed by atoms with E-state index in [1.165, 1.54) is 6.08 Å². The Balaban J connectivity index is 3.31. The van der Waals surface area contributed by atoms with E-state index in [-0.39, 0.29) is 0 Å². The molecule has 0 N–H and O–H groups in total. The van der Waals surface area contributed by atoms with Crippen LogP contribution in [-0.2, 0) is 0 Å². The minimum Gasteiger partial charge on any atom is -0.193 e. The molecular weight excluding hydrogens is 154 g/mol. The molecule has 0 saturated heterocycles. The molecule has 0 aromatic rings. The molecule has 1 unspecified atom stereocenters. The summed E-state index contributed by atoms with van der Waals surface area (Å²) in [6.45, 7) is 1.95. The van der Waals surface area contributed by atoms with Gasteiger partial charge in [-0.05, 0) is 6.92 Å². The average molecular weight is 160 g/mol. The van der Waals surface area contributed by atoms with E-state index in [9.17, 15) is 0 Å². The Labute approximate surface area is 51.8 Å². The Morgan fingerprint density at radius 2 is 2.43 bits per heavy atom. The van der Waals surface area contributed by atoms with E-state index in [1.54, 1.807) is 6.08 Å². The van der Waals surface area contributed by atoms with Crippen LogP contribution in [0.2, 0.25) is 0 Å². The van der Waals surface area contributed by atoms with Gasteiger partial charge in [-0.1, -0.05) is 22.0 Å². The Morgan fingerprint density at radius 1 is 1.86 bits per heavy atom. The zero-order valence-corrected chi connectivity index (χ0v) is 5.64. The van der Waals surface area contributed by atoms with E-state index >= 15 is 0 Å². The summed E-state index contributed by atoms with van der Waals surface area (Å²) in [7, 11) is 0. The fourth-order valence-electron chi connectivity index (χ4n) is 0.176. The molecule has 0 saturated carbocycles. The average Bonchev–Trinajstić information content (AvgIpc) is 1.61. The second kappa shape index (κ2) is 3.89. The summed E-state index contributed by atoms with van der Waals surface area (Å²) < 4.78 is 0. The molecule has 0 aliphatic rings. The van der Waals surface area contributed by atoms with Gasteiger partial charge in [-0.2, -0.15) is 5.26 Å². The first kappa shape index (κ1) is 6.71. The van der Waals surface area contributed by atoms with Gasteiger partial charge in [-0.25, -0.2) is 0 Å². The molecule has 0 heterocycles. The predicted molar refractivity (Wildman–Crippen MR) is 33.1 cm³/mol. The smallest absolute Gasteiger partial charge is 0.0909 e. The fourth-order valence-corrected chi connectivity index (χ4v) is 0.328. The van der Waals surface area contributed by atoms with E-state index in [0.29, 0.717) is 4.83 Å². The van der Waals surface area contributed by atoms with Crippen LogP contribution in [0.25, 0.3) is 0 Å². The highest BCUT2D eigenvalue weighted by Gasteiger charge is 1.80. The van der Waals surface area contributed by atoms with Crippen LogP contribution >= 0.6 is 15.9 Å². The number of halogens is 1. The van der Waals surface area contributed by atoms with Crippen LogP contribution in [0, 0.1) is 11.3 Å². The minimum atomic E-state index is 0.312. The third-order valence-electron chi connectivity index (χ3n) is 0.436. The second-order valence-electron chi connectivity index (χ2n) is 1.17. The lowest BCUT2D eigenvalue weighted by atomic mass is 10.4. The van der Waals surface area contributed by atoms with Gasteiger partial charge in [-0.15, -0.1) is 0 Å². The van der Waals surface area contributed by atoms with Crippen molar-refractivity contribution >= 4 is 15.9 Å². The maximum Gasteiger partial charge on any atom is 0.0909 e. The molecule has 0 aliphatic heterocycles. The van der Waals surface area contributed by atoms with Crippen molar-refractivity contribution in [2.24, 2.45) is 0 Å². The lowest BCUT2D eigenvalue weighted by molar-refractivity contribution is 1.27. The van der Waals surface area contributed by atoms with E-state index in [4.69, 9.17) is 5.26 Å². The quantitative estimate of drug-likeness (QED) is 0.424. The van der Waals surface area contributed by atoms with Gasteiger partial charge >= 0.3 is 0 Å². The van der Waals surface area contributed by atoms with Crippen molar-refractivity contribution in [3.8, 4) is 6.07 Å². The zero-order valence-electron chi connectivity index (χ0n) is 4.06. The summed E-state index contributed by atoms with van der Waals surface area (Å²) in [5.74, 6) is 0. The van der Waals surface area contributed by atoms with Crippen molar-refractivity contribution in [3.05, 3.63) is 12.2 Å². The van der Waals surface area contributed by atoms with Crippen LogP contribution in [0.4, 0.5) is 0 Å². The molecule has 0 rings (SSSR count). The van der Waals surface area contributed by atoms with E-state index < -0.39 is 0 Å². The van der Waals surface area contributed by atoms with Gasteiger partial charge in [0.1, 0.15) is 0 Å². The van der Waals surface area contributed by atoms with Crippen LogP contribution in [0.15, 0.2) is 12.2 Å². The van der Waals surface area contributed by atoms with Crippen molar-refractivity contribution in [1.29, 1.82) is 5.26 Å². The summed E-state index contributed by atoms with van der Waals surface area (Å²) in [5.41, 5.74) is 0. The summed E-state index contributed by atoms with van der Waals surface area (Å²) >= 11 is 3.24. The first-order valence-electron chi connectivity index (χ1n) is 1.97. The molecule has 0 aromatic carbocycles. The third kappa shape index (κ3) is 5.71. The van der Waals surface area contributed by atoms with E-state index in [0.717, 1.165) is 0 Å². The molecule has 0 aromatic heterocycles. The molecule has 0 radical (unpaired) electrons. The van der Waals surface area contributed by atoms with Crippen molar-refractivity contribution in [1.82, 2.24) is 0 Å². The topological polar surface area (TPSA) is 23.8 Å². The number of nitriles is 1. The standard InChI is InChI=1S/C5H6BrN/c1-5(6)3-2-4-7/h2-3,5H,1H3. The lowest BCUT2D eigenvalue weighted by Gasteiger charge is -1.83. The Hall–Kier alpha value is -0.290. The summed E-state index contributed by atoms with van der Waals surface area (Å²) in [5, 5.41) is 7.96. The molecule has 1 nitrogen and oxygen atoms in total. The van der Waals surface area contributed by atoms with Crippen molar-refractivity contribution in [2.75, 3.05) is 0 Å². The summed E-state index contributed by atoms with van der Waals surface area (Å²) in [6.07, 6.45) is 3.24. The predicted octanol–water partition coefficient (Wildman–Crippen LogP) is 1.85. The fraction of sp³-hybridized carbons (Fsp3) is 0.400.